The number of halogens is 1. The minimum Gasteiger partial charge on any atom is -0.341 e. The number of nitrogens with zero attached hydrogens (tertiary/aromatic N) is 1. The Kier molecular flexibility index (Phi) is 8.67. The zero-order chi connectivity index (χ0) is 11.1. The summed E-state index contributed by atoms with van der Waals surface area (Å²) in [5, 5.41) is 0. The third kappa shape index (κ3) is 5.17. The molecule has 16 heavy (non-hydrogen) atoms. The lowest BCUT2D eigenvalue weighted by molar-refractivity contribution is -0.130. The van der Waals surface area contributed by atoms with Crippen LogP contribution in [0.1, 0.15) is 45.4 Å². The van der Waals surface area contributed by atoms with Gasteiger partial charge in [0.2, 0.25) is 5.91 Å². The predicted molar refractivity (Wildman–Crippen MR) is 69.7 cm³/mol. The van der Waals surface area contributed by atoms with Crippen molar-refractivity contribution in [3.63, 3.8) is 0 Å². The van der Waals surface area contributed by atoms with Crippen LogP contribution >= 0.6 is 12.4 Å². The number of carbonyl (C=O) groups excluding carboxylic acids is 1. The molecular formula is C12H25ClN2O. The van der Waals surface area contributed by atoms with Crippen LogP contribution < -0.4 is 5.73 Å². The number of nitrogens with two attached hydrogens (primary N) is 1. The van der Waals surface area contributed by atoms with Gasteiger partial charge in [-0.05, 0) is 25.2 Å². The first kappa shape index (κ1) is 15.7. The summed E-state index contributed by atoms with van der Waals surface area (Å²) >= 11 is 0. The average molecular weight is 249 g/mol. The van der Waals surface area contributed by atoms with Gasteiger partial charge in [0, 0.05) is 13.1 Å². The van der Waals surface area contributed by atoms with E-state index in [9.17, 15) is 4.79 Å². The van der Waals surface area contributed by atoms with Crippen molar-refractivity contribution in [2.45, 2.75) is 45.4 Å². The van der Waals surface area contributed by atoms with Gasteiger partial charge in [-0.1, -0.05) is 26.2 Å². The molecule has 0 heterocycles. The van der Waals surface area contributed by atoms with E-state index in [0.717, 1.165) is 25.4 Å². The highest BCUT2D eigenvalue weighted by Crippen LogP contribution is 2.24. The van der Waals surface area contributed by atoms with Gasteiger partial charge in [0.25, 0.3) is 0 Å². The molecule has 0 saturated heterocycles. The molecule has 3 nitrogen and oxygen atoms in total. The van der Waals surface area contributed by atoms with Crippen LogP contribution in [-0.2, 0) is 4.79 Å². The summed E-state index contributed by atoms with van der Waals surface area (Å²) in [4.78, 5) is 13.5. The summed E-state index contributed by atoms with van der Waals surface area (Å²) in [6, 6.07) is 0. The van der Waals surface area contributed by atoms with E-state index in [1.165, 1.54) is 32.1 Å². The van der Waals surface area contributed by atoms with Crippen LogP contribution in [0.4, 0.5) is 0 Å². The van der Waals surface area contributed by atoms with Crippen LogP contribution in [0, 0.1) is 5.92 Å². The van der Waals surface area contributed by atoms with E-state index in [2.05, 4.69) is 6.92 Å². The van der Waals surface area contributed by atoms with E-state index in [-0.39, 0.29) is 24.9 Å². The lowest BCUT2D eigenvalue weighted by atomic mass is 9.89. The van der Waals surface area contributed by atoms with Crippen LogP contribution in [0.5, 0.6) is 0 Å². The maximum Gasteiger partial charge on any atom is 0.236 e. The van der Waals surface area contributed by atoms with Crippen LogP contribution in [0.3, 0.4) is 0 Å². The van der Waals surface area contributed by atoms with Gasteiger partial charge >= 0.3 is 0 Å². The van der Waals surface area contributed by atoms with Gasteiger partial charge in [-0.25, -0.2) is 0 Å². The molecule has 0 aromatic heterocycles. The quantitative estimate of drug-likeness (QED) is 0.811. The molecule has 1 rings (SSSR count). The minimum atomic E-state index is 0. The molecule has 0 aliphatic heterocycles. The summed E-state index contributed by atoms with van der Waals surface area (Å²) in [5.74, 6) is 0.836. The molecule has 1 fully saturated rings. The average Bonchev–Trinajstić information content (AvgIpc) is 2.29. The molecule has 1 aliphatic rings. The summed E-state index contributed by atoms with van der Waals surface area (Å²) in [5.41, 5.74) is 5.42. The number of hydrogen-bond donors (Lipinski definition) is 1. The monoisotopic (exact) mass is 248 g/mol. The second-order valence-corrected chi connectivity index (χ2v) is 4.55. The fourth-order valence-corrected chi connectivity index (χ4v) is 2.40. The van der Waals surface area contributed by atoms with Crippen molar-refractivity contribution in [3.05, 3.63) is 0 Å². The van der Waals surface area contributed by atoms with Crippen molar-refractivity contribution >= 4 is 18.3 Å². The summed E-state index contributed by atoms with van der Waals surface area (Å²) in [6.07, 6.45) is 7.65. The van der Waals surface area contributed by atoms with Crippen molar-refractivity contribution in [2.24, 2.45) is 11.7 Å². The Morgan fingerprint density at radius 1 is 1.31 bits per heavy atom. The van der Waals surface area contributed by atoms with Crippen molar-refractivity contribution < 1.29 is 4.79 Å². The first-order valence-electron chi connectivity index (χ1n) is 6.25. The van der Waals surface area contributed by atoms with Gasteiger partial charge in [0.05, 0.1) is 6.54 Å². The first-order valence-corrected chi connectivity index (χ1v) is 6.25. The predicted octanol–water partition coefficient (Wildman–Crippen LogP) is 2.19. The van der Waals surface area contributed by atoms with Crippen LogP contribution in [-0.4, -0.2) is 30.4 Å². The summed E-state index contributed by atoms with van der Waals surface area (Å²) in [6.45, 7) is 4.07. The van der Waals surface area contributed by atoms with Crippen LogP contribution in [0.15, 0.2) is 0 Å². The molecule has 2 N–H and O–H groups in total. The minimum absolute atomic E-state index is 0. The van der Waals surface area contributed by atoms with Crippen molar-refractivity contribution in [1.29, 1.82) is 0 Å². The lowest BCUT2D eigenvalue weighted by Crippen LogP contribution is -2.40. The Bertz CT molecular complexity index is 193. The van der Waals surface area contributed by atoms with Gasteiger partial charge in [0.1, 0.15) is 0 Å². The largest absolute Gasteiger partial charge is 0.341 e. The highest BCUT2D eigenvalue weighted by Gasteiger charge is 2.19. The van der Waals surface area contributed by atoms with Crippen LogP contribution in [0.2, 0.25) is 0 Å². The third-order valence-electron chi connectivity index (χ3n) is 3.22. The Labute approximate surface area is 105 Å². The topological polar surface area (TPSA) is 46.3 Å². The van der Waals surface area contributed by atoms with Crippen molar-refractivity contribution in [3.8, 4) is 0 Å². The van der Waals surface area contributed by atoms with E-state index in [4.69, 9.17) is 5.73 Å². The number of rotatable bonds is 5. The smallest absolute Gasteiger partial charge is 0.236 e. The summed E-state index contributed by atoms with van der Waals surface area (Å²) < 4.78 is 0. The Balaban J connectivity index is 0.00000225. The molecule has 96 valence electrons. The first-order chi connectivity index (χ1) is 7.27. The van der Waals surface area contributed by atoms with Gasteiger partial charge in [0.15, 0.2) is 0 Å². The van der Waals surface area contributed by atoms with Gasteiger partial charge in [-0.15, -0.1) is 12.4 Å². The highest BCUT2D eigenvalue weighted by molar-refractivity contribution is 5.85. The van der Waals surface area contributed by atoms with Crippen molar-refractivity contribution in [1.82, 2.24) is 4.90 Å². The van der Waals surface area contributed by atoms with Crippen molar-refractivity contribution in [2.75, 3.05) is 19.6 Å². The fourth-order valence-electron chi connectivity index (χ4n) is 2.40. The maximum absolute atomic E-state index is 11.6. The molecule has 0 aromatic rings. The molecule has 1 amide bonds. The molecule has 1 saturated carbocycles. The maximum atomic E-state index is 11.6. The standard InChI is InChI=1S/C12H24N2O.ClH/c1-2-8-14(12(15)9-13)10-11-6-4-3-5-7-11;/h11H,2-10,13H2,1H3;1H. The van der Waals surface area contributed by atoms with E-state index in [0.29, 0.717) is 0 Å². The van der Waals surface area contributed by atoms with E-state index in [1.807, 2.05) is 4.90 Å². The second kappa shape index (κ2) is 8.82. The normalized spacial score (nSPS) is 16.6. The van der Waals surface area contributed by atoms with Gasteiger partial charge in [-0.2, -0.15) is 0 Å². The lowest BCUT2D eigenvalue weighted by Gasteiger charge is -2.29. The van der Waals surface area contributed by atoms with E-state index >= 15 is 0 Å². The molecule has 0 aromatic carbocycles. The second-order valence-electron chi connectivity index (χ2n) is 4.55. The molecule has 1 aliphatic carbocycles. The molecule has 0 spiro atoms. The number of hydrogen-bond acceptors (Lipinski definition) is 2. The number of carbonyl (C=O) groups is 1. The van der Waals surface area contributed by atoms with E-state index in [1.54, 1.807) is 0 Å². The molecule has 4 heteroatoms. The molecular weight excluding hydrogens is 224 g/mol. The third-order valence-corrected chi connectivity index (χ3v) is 3.22. The SMILES string of the molecule is CCCN(CC1CCCCC1)C(=O)CN.Cl. The number of amides is 1. The molecule has 0 radical (unpaired) electrons. The molecule has 0 bridgehead atoms. The molecule has 0 unspecified atom stereocenters. The zero-order valence-electron chi connectivity index (χ0n) is 10.3. The molecule has 0 atom stereocenters. The van der Waals surface area contributed by atoms with Gasteiger partial charge < -0.3 is 10.6 Å². The highest BCUT2D eigenvalue weighted by atomic mass is 35.5. The van der Waals surface area contributed by atoms with Crippen LogP contribution in [0.25, 0.3) is 0 Å². The Morgan fingerprint density at radius 2 is 1.94 bits per heavy atom. The summed E-state index contributed by atoms with van der Waals surface area (Å²) in [7, 11) is 0. The zero-order valence-corrected chi connectivity index (χ0v) is 11.1. The fraction of sp³-hybridized carbons (Fsp3) is 0.917. The van der Waals surface area contributed by atoms with E-state index < -0.39 is 0 Å². The Morgan fingerprint density at radius 3 is 2.44 bits per heavy atom. The Hall–Kier alpha value is -0.280. The van der Waals surface area contributed by atoms with Gasteiger partial charge in [-0.3, -0.25) is 4.79 Å².